The Hall–Kier alpha value is -3.89. The van der Waals surface area contributed by atoms with Crippen molar-refractivity contribution in [3.8, 4) is 17.1 Å². The maximum atomic E-state index is 12.7. The molecule has 250 valence electrons. The second-order valence-corrected chi connectivity index (χ2v) is 12.8. The number of benzene rings is 3. The molecule has 1 saturated carbocycles. The van der Waals surface area contributed by atoms with Gasteiger partial charge in [0.2, 0.25) is 0 Å². The molecule has 2 fully saturated rings. The first-order chi connectivity index (χ1) is 22.7. The number of carbonyl (C=O) groups is 1. The van der Waals surface area contributed by atoms with E-state index in [-0.39, 0.29) is 17.6 Å². The first-order valence-corrected chi connectivity index (χ1v) is 16.7. The number of ether oxygens (including phenoxy) is 2. The van der Waals surface area contributed by atoms with Gasteiger partial charge in [-0.05, 0) is 98.3 Å². The minimum Gasteiger partial charge on any atom is -0.406 e. The quantitative estimate of drug-likeness (QED) is 0.169. The number of nitrogens with zero attached hydrogens (tertiary/aromatic N) is 3. The van der Waals surface area contributed by atoms with Gasteiger partial charge < -0.3 is 24.3 Å². The molecule has 3 aromatic carbocycles. The van der Waals surface area contributed by atoms with E-state index in [0.29, 0.717) is 38.5 Å². The lowest BCUT2D eigenvalue weighted by molar-refractivity contribution is -0.274. The number of carbonyl (C=O) groups excluding carboxylic acids is 1. The third-order valence-electron chi connectivity index (χ3n) is 9.33. The third kappa shape index (κ3) is 8.73. The Bertz CT molecular complexity index is 1620. The van der Waals surface area contributed by atoms with Gasteiger partial charge in [0.15, 0.2) is 0 Å². The van der Waals surface area contributed by atoms with Crippen LogP contribution in [0.25, 0.3) is 22.4 Å². The van der Waals surface area contributed by atoms with Gasteiger partial charge in [0.25, 0.3) is 0 Å². The van der Waals surface area contributed by atoms with Crippen molar-refractivity contribution in [2.24, 2.45) is 5.92 Å². The van der Waals surface area contributed by atoms with Crippen LogP contribution in [0.2, 0.25) is 0 Å². The van der Waals surface area contributed by atoms with Crippen molar-refractivity contribution in [1.82, 2.24) is 14.9 Å². The van der Waals surface area contributed by atoms with E-state index in [9.17, 15) is 18.0 Å². The van der Waals surface area contributed by atoms with Crippen LogP contribution in [0.5, 0.6) is 5.75 Å². The van der Waals surface area contributed by atoms with Crippen molar-refractivity contribution in [1.29, 1.82) is 0 Å². The molecule has 7 nitrogen and oxygen atoms in total. The molecule has 0 radical (unpaired) electrons. The second kappa shape index (κ2) is 14.9. The number of morpholine rings is 1. The van der Waals surface area contributed by atoms with E-state index in [1.54, 1.807) is 19.1 Å². The lowest BCUT2D eigenvalue weighted by Gasteiger charge is -2.28. The van der Waals surface area contributed by atoms with E-state index in [1.807, 2.05) is 0 Å². The number of halogens is 3. The smallest absolute Gasteiger partial charge is 0.406 e. The molecule has 47 heavy (non-hydrogen) atoms. The number of aromatic nitrogens is 2. The number of imidazole rings is 1. The number of hydrogen-bond donors (Lipinski definition) is 1. The van der Waals surface area contributed by atoms with Crippen molar-refractivity contribution >= 4 is 22.5 Å². The number of anilines is 1. The number of fused-ring (bicyclic) bond motifs is 1. The Morgan fingerprint density at radius 3 is 2.40 bits per heavy atom. The van der Waals surface area contributed by atoms with Gasteiger partial charge in [0.1, 0.15) is 17.4 Å². The summed E-state index contributed by atoms with van der Waals surface area (Å²) in [4.78, 5) is 19.7. The zero-order chi connectivity index (χ0) is 32.8. The Morgan fingerprint density at radius 1 is 1.00 bits per heavy atom. The SMILES string of the molecule is CC(=O)CC(NCC1CCCCC1)c1ccc2c(c1)nc(-c1ccc(N3CCOCC3)cc1)n2CCc1ccc(OC(F)(F)F)cc1. The molecule has 1 atom stereocenters. The van der Waals surface area contributed by atoms with Crippen LogP contribution in [0.3, 0.4) is 0 Å². The summed E-state index contributed by atoms with van der Waals surface area (Å²) in [7, 11) is 0. The van der Waals surface area contributed by atoms with Gasteiger partial charge in [-0.15, -0.1) is 13.2 Å². The summed E-state index contributed by atoms with van der Waals surface area (Å²) < 4.78 is 49.7. The van der Waals surface area contributed by atoms with Gasteiger partial charge >= 0.3 is 6.36 Å². The van der Waals surface area contributed by atoms with E-state index in [1.165, 1.54) is 44.2 Å². The number of rotatable bonds is 12. The molecule has 1 aromatic heterocycles. The molecular formula is C37H43F3N4O3. The van der Waals surface area contributed by atoms with Crippen LogP contribution in [0.1, 0.15) is 62.6 Å². The summed E-state index contributed by atoms with van der Waals surface area (Å²) in [5.41, 5.74) is 5.86. The van der Waals surface area contributed by atoms with E-state index < -0.39 is 6.36 Å². The number of Topliss-reactive ketones (excluding diaryl/α,β-unsaturated/α-hetero) is 1. The summed E-state index contributed by atoms with van der Waals surface area (Å²) in [5.74, 6) is 1.37. The monoisotopic (exact) mass is 648 g/mol. The fraction of sp³-hybridized carbons (Fsp3) is 0.459. The van der Waals surface area contributed by atoms with E-state index in [4.69, 9.17) is 9.72 Å². The van der Waals surface area contributed by atoms with Crippen LogP contribution in [0, 0.1) is 5.92 Å². The largest absolute Gasteiger partial charge is 0.573 e. The van der Waals surface area contributed by atoms with E-state index in [2.05, 4.69) is 62.0 Å². The minimum atomic E-state index is -4.73. The molecule has 1 aliphatic heterocycles. The molecular weight excluding hydrogens is 605 g/mol. The Kier molecular flexibility index (Phi) is 10.5. The van der Waals surface area contributed by atoms with Crippen LogP contribution >= 0.6 is 0 Å². The van der Waals surface area contributed by atoms with E-state index >= 15 is 0 Å². The number of aryl methyl sites for hydroxylation is 2. The molecule has 10 heteroatoms. The zero-order valence-electron chi connectivity index (χ0n) is 26.9. The lowest BCUT2D eigenvalue weighted by Crippen LogP contribution is -2.36. The summed E-state index contributed by atoms with van der Waals surface area (Å²) >= 11 is 0. The fourth-order valence-corrected chi connectivity index (χ4v) is 6.85. The Morgan fingerprint density at radius 2 is 1.72 bits per heavy atom. The van der Waals surface area contributed by atoms with Gasteiger partial charge in [0.05, 0.1) is 24.2 Å². The number of nitrogens with one attached hydrogen (secondary N) is 1. The van der Waals surface area contributed by atoms with Gasteiger partial charge in [-0.25, -0.2) is 4.98 Å². The van der Waals surface area contributed by atoms with Gasteiger partial charge in [-0.2, -0.15) is 0 Å². The third-order valence-corrected chi connectivity index (χ3v) is 9.33. The highest BCUT2D eigenvalue weighted by molar-refractivity contribution is 5.82. The van der Waals surface area contributed by atoms with Crippen molar-refractivity contribution < 1.29 is 27.4 Å². The first-order valence-electron chi connectivity index (χ1n) is 16.7. The highest BCUT2D eigenvalue weighted by Crippen LogP contribution is 2.31. The Balaban J connectivity index is 1.29. The van der Waals surface area contributed by atoms with Crippen molar-refractivity contribution in [2.75, 3.05) is 37.7 Å². The number of hydrogen-bond acceptors (Lipinski definition) is 6. The molecule has 6 rings (SSSR count). The molecule has 1 N–H and O–H groups in total. The molecule has 0 spiro atoms. The molecule has 4 aromatic rings. The van der Waals surface area contributed by atoms with Gasteiger partial charge in [-0.1, -0.05) is 37.5 Å². The molecule has 1 unspecified atom stereocenters. The number of alkyl halides is 3. The average Bonchev–Trinajstić information content (AvgIpc) is 3.44. The summed E-state index contributed by atoms with van der Waals surface area (Å²) in [6.07, 6.45) is 2.60. The first kappa shape index (κ1) is 33.0. The Labute approximate surface area is 274 Å². The molecule has 2 aliphatic rings. The van der Waals surface area contributed by atoms with Crippen LogP contribution < -0.4 is 15.0 Å². The van der Waals surface area contributed by atoms with Crippen LogP contribution in [-0.4, -0.2) is 54.5 Å². The summed E-state index contributed by atoms with van der Waals surface area (Å²) in [5, 5.41) is 3.71. The highest BCUT2D eigenvalue weighted by atomic mass is 19.4. The van der Waals surface area contributed by atoms with Crippen LogP contribution in [-0.2, 0) is 22.5 Å². The van der Waals surface area contributed by atoms with Crippen molar-refractivity contribution in [3.63, 3.8) is 0 Å². The summed E-state index contributed by atoms with van der Waals surface area (Å²) in [6, 6.07) is 20.6. The molecule has 1 aliphatic carbocycles. The predicted octanol–water partition coefficient (Wildman–Crippen LogP) is 7.87. The zero-order valence-corrected chi connectivity index (χ0v) is 26.9. The average molecular weight is 649 g/mol. The fourth-order valence-electron chi connectivity index (χ4n) is 6.85. The molecule has 0 amide bonds. The minimum absolute atomic E-state index is 0.0855. The number of ketones is 1. The lowest BCUT2D eigenvalue weighted by atomic mass is 9.89. The van der Waals surface area contributed by atoms with Crippen molar-refractivity contribution in [2.45, 2.75) is 70.8 Å². The maximum absolute atomic E-state index is 12.7. The normalized spacial score (nSPS) is 16.8. The molecule has 1 saturated heterocycles. The highest BCUT2D eigenvalue weighted by Gasteiger charge is 2.31. The van der Waals surface area contributed by atoms with Crippen LogP contribution in [0.4, 0.5) is 18.9 Å². The predicted molar refractivity (Wildman–Crippen MR) is 178 cm³/mol. The van der Waals surface area contributed by atoms with Gasteiger partial charge in [0, 0.05) is 43.3 Å². The molecule has 0 bridgehead atoms. The topological polar surface area (TPSA) is 68.6 Å². The maximum Gasteiger partial charge on any atom is 0.573 e. The standard InChI is InChI=1S/C37H43F3N4O3/c1-26(45)23-33(41-25-28-5-3-2-4-6-28)30-11-16-35-34(24-30)42-36(29-9-12-31(13-10-29)43-19-21-46-22-20-43)44(35)18-17-27-7-14-32(15-8-27)47-37(38,39)40/h7-16,24,28,33,41H,2-6,17-23,25H2,1H3. The second-order valence-electron chi connectivity index (χ2n) is 12.8. The summed E-state index contributed by atoms with van der Waals surface area (Å²) in [6.45, 7) is 6.24. The van der Waals surface area contributed by atoms with Crippen LogP contribution in [0.15, 0.2) is 66.7 Å². The van der Waals surface area contributed by atoms with Crippen molar-refractivity contribution in [3.05, 3.63) is 77.9 Å². The van der Waals surface area contributed by atoms with E-state index in [0.717, 1.165) is 58.9 Å². The molecule has 2 heterocycles. The van der Waals surface area contributed by atoms with Gasteiger partial charge in [-0.3, -0.25) is 4.79 Å².